The lowest BCUT2D eigenvalue weighted by Gasteiger charge is -2.40. The molecule has 9 heteroatoms. The van der Waals surface area contributed by atoms with Gasteiger partial charge in [-0.25, -0.2) is 9.78 Å². The van der Waals surface area contributed by atoms with Crippen molar-refractivity contribution in [3.05, 3.63) is 59.3 Å². The van der Waals surface area contributed by atoms with Gasteiger partial charge in [0.05, 0.1) is 11.6 Å². The molecule has 1 saturated heterocycles. The number of cyclic esters (lactones) is 1. The fourth-order valence-corrected chi connectivity index (χ4v) is 5.45. The number of nitrogens with zero attached hydrogens (tertiary/aromatic N) is 5. The Hall–Kier alpha value is -3.46. The van der Waals surface area contributed by atoms with E-state index in [1.54, 1.807) is 6.20 Å². The molecular formula is C30H40N6O3. The van der Waals surface area contributed by atoms with Crippen LogP contribution >= 0.6 is 0 Å². The minimum Gasteiger partial charge on any atom is -0.444 e. The summed E-state index contributed by atoms with van der Waals surface area (Å²) in [6, 6.07) is 9.23. The molecule has 3 heterocycles. The van der Waals surface area contributed by atoms with Crippen LogP contribution in [-0.4, -0.2) is 64.5 Å². The van der Waals surface area contributed by atoms with E-state index in [9.17, 15) is 9.59 Å². The molecule has 2 amide bonds. The van der Waals surface area contributed by atoms with Crippen LogP contribution in [0.4, 0.5) is 16.6 Å². The standard InChI is InChI=1S/C30H40N6O3/c1-5-20(3)28(37)35-15-13-34(14-16-35)26(17-22-7-8-22)24-11-9-23(10-12-24)21(4)32-29-31-18-25-19-39-30(38)36(6-2)27(25)33-29/h9-12,18,21-22,26H,3,5-8,13-17,19H2,1-2,4H3,(H,31,32,33)/t21-,26-/m0/s1. The number of fused-ring (bicyclic) bond motifs is 1. The molecule has 0 radical (unpaired) electrons. The first-order valence-electron chi connectivity index (χ1n) is 14.3. The highest BCUT2D eigenvalue weighted by atomic mass is 16.6. The summed E-state index contributed by atoms with van der Waals surface area (Å²) >= 11 is 0. The zero-order valence-electron chi connectivity index (χ0n) is 23.4. The summed E-state index contributed by atoms with van der Waals surface area (Å²) in [5.74, 6) is 2.00. The Balaban J connectivity index is 1.25. The third-order valence-electron chi connectivity index (χ3n) is 8.18. The van der Waals surface area contributed by atoms with Gasteiger partial charge in [-0.1, -0.05) is 50.6 Å². The van der Waals surface area contributed by atoms with Crippen LogP contribution in [-0.2, 0) is 16.1 Å². The lowest BCUT2D eigenvalue weighted by atomic mass is 9.96. The van der Waals surface area contributed by atoms with Gasteiger partial charge in [0.1, 0.15) is 12.4 Å². The van der Waals surface area contributed by atoms with Gasteiger partial charge < -0.3 is 15.0 Å². The fraction of sp³-hybridized carbons (Fsp3) is 0.533. The SMILES string of the molecule is C=C(CC)C(=O)N1CCN([C@@H](CC2CC2)c2ccc([C@H](C)Nc3ncc4c(n3)N(CC)C(=O)OC4)cc2)CC1. The predicted octanol–water partition coefficient (Wildman–Crippen LogP) is 5.08. The van der Waals surface area contributed by atoms with Crippen LogP contribution in [0, 0.1) is 5.92 Å². The number of ether oxygens (including phenoxy) is 1. The first kappa shape index (κ1) is 27.1. The van der Waals surface area contributed by atoms with Crippen LogP contribution in [0.25, 0.3) is 0 Å². The summed E-state index contributed by atoms with van der Waals surface area (Å²) in [5, 5.41) is 3.40. The number of carbonyl (C=O) groups is 2. The second kappa shape index (κ2) is 11.7. The Morgan fingerprint density at radius 3 is 2.46 bits per heavy atom. The number of piperazine rings is 1. The average molecular weight is 533 g/mol. The van der Waals surface area contributed by atoms with Gasteiger partial charge in [0.2, 0.25) is 11.9 Å². The quantitative estimate of drug-likeness (QED) is 0.427. The van der Waals surface area contributed by atoms with E-state index in [0.29, 0.717) is 36.3 Å². The maximum atomic E-state index is 12.6. The van der Waals surface area contributed by atoms with Crippen LogP contribution in [0.1, 0.15) is 75.2 Å². The van der Waals surface area contributed by atoms with Crippen molar-refractivity contribution in [1.29, 1.82) is 0 Å². The molecule has 1 saturated carbocycles. The van der Waals surface area contributed by atoms with E-state index in [0.717, 1.165) is 43.2 Å². The van der Waals surface area contributed by atoms with E-state index >= 15 is 0 Å². The Morgan fingerprint density at radius 2 is 1.82 bits per heavy atom. The van der Waals surface area contributed by atoms with Gasteiger partial charge in [-0.2, -0.15) is 4.98 Å². The van der Waals surface area contributed by atoms with Crippen molar-refractivity contribution in [2.75, 3.05) is 42.9 Å². The lowest BCUT2D eigenvalue weighted by molar-refractivity contribution is -0.129. The minimum atomic E-state index is -0.376. The van der Waals surface area contributed by atoms with E-state index in [1.165, 1.54) is 29.7 Å². The molecule has 2 aliphatic heterocycles. The maximum Gasteiger partial charge on any atom is 0.415 e. The van der Waals surface area contributed by atoms with E-state index in [2.05, 4.69) is 58.0 Å². The van der Waals surface area contributed by atoms with Crippen molar-refractivity contribution in [1.82, 2.24) is 19.8 Å². The number of benzene rings is 1. The normalized spacial score (nSPS) is 19.2. The predicted molar refractivity (Wildman–Crippen MR) is 151 cm³/mol. The second-order valence-electron chi connectivity index (χ2n) is 10.9. The number of aromatic nitrogens is 2. The highest BCUT2D eigenvalue weighted by Crippen LogP contribution is 2.40. The summed E-state index contributed by atoms with van der Waals surface area (Å²) in [4.78, 5) is 39.8. The molecule has 1 aromatic heterocycles. The Bertz CT molecular complexity index is 1200. The van der Waals surface area contributed by atoms with Crippen LogP contribution < -0.4 is 10.2 Å². The topological polar surface area (TPSA) is 90.9 Å². The molecule has 2 fully saturated rings. The molecule has 0 bridgehead atoms. The van der Waals surface area contributed by atoms with Crippen molar-refractivity contribution in [2.24, 2.45) is 5.92 Å². The largest absolute Gasteiger partial charge is 0.444 e. The van der Waals surface area contributed by atoms with E-state index in [4.69, 9.17) is 4.74 Å². The molecule has 2 aromatic rings. The van der Waals surface area contributed by atoms with Gasteiger partial charge in [0.25, 0.3) is 0 Å². The highest BCUT2D eigenvalue weighted by molar-refractivity contribution is 5.92. The van der Waals surface area contributed by atoms with Gasteiger partial charge in [0, 0.05) is 50.5 Å². The number of hydrogen-bond donors (Lipinski definition) is 1. The Kier molecular flexibility index (Phi) is 8.16. The van der Waals surface area contributed by atoms with E-state index in [-0.39, 0.29) is 24.6 Å². The molecule has 0 unspecified atom stereocenters. The second-order valence-corrected chi connectivity index (χ2v) is 10.9. The molecule has 1 N–H and O–H groups in total. The highest BCUT2D eigenvalue weighted by Gasteiger charge is 2.33. The summed E-state index contributed by atoms with van der Waals surface area (Å²) in [7, 11) is 0. The summed E-state index contributed by atoms with van der Waals surface area (Å²) in [6.45, 7) is 13.9. The maximum absolute atomic E-state index is 12.6. The van der Waals surface area contributed by atoms with Crippen LogP contribution in [0.2, 0.25) is 0 Å². The van der Waals surface area contributed by atoms with Crippen molar-refractivity contribution in [3.63, 3.8) is 0 Å². The number of amides is 2. The molecule has 208 valence electrons. The van der Waals surface area contributed by atoms with Crippen LogP contribution in [0.5, 0.6) is 0 Å². The molecule has 0 spiro atoms. The lowest BCUT2D eigenvalue weighted by Crippen LogP contribution is -2.50. The minimum absolute atomic E-state index is 0.00850. The number of hydrogen-bond acceptors (Lipinski definition) is 7. The molecule has 9 nitrogen and oxygen atoms in total. The van der Waals surface area contributed by atoms with E-state index < -0.39 is 0 Å². The van der Waals surface area contributed by atoms with Gasteiger partial charge in [0.15, 0.2) is 0 Å². The zero-order valence-corrected chi connectivity index (χ0v) is 23.4. The number of nitrogens with one attached hydrogen (secondary N) is 1. The smallest absolute Gasteiger partial charge is 0.415 e. The van der Waals surface area contributed by atoms with Crippen LogP contribution in [0.3, 0.4) is 0 Å². The first-order valence-corrected chi connectivity index (χ1v) is 14.3. The van der Waals surface area contributed by atoms with Gasteiger partial charge in [-0.15, -0.1) is 0 Å². The van der Waals surface area contributed by atoms with Crippen molar-refractivity contribution >= 4 is 23.8 Å². The first-order chi connectivity index (χ1) is 18.9. The molecule has 1 aliphatic carbocycles. The zero-order chi connectivity index (χ0) is 27.5. The average Bonchev–Trinajstić information content (AvgIpc) is 3.79. The van der Waals surface area contributed by atoms with Crippen molar-refractivity contribution in [2.45, 2.75) is 65.1 Å². The van der Waals surface area contributed by atoms with Gasteiger partial charge >= 0.3 is 6.09 Å². The fourth-order valence-electron chi connectivity index (χ4n) is 5.45. The number of anilines is 2. The molecule has 5 rings (SSSR count). The molecular weight excluding hydrogens is 492 g/mol. The summed E-state index contributed by atoms with van der Waals surface area (Å²) < 4.78 is 5.19. The molecule has 3 aliphatic rings. The van der Waals surface area contributed by atoms with Gasteiger partial charge in [-0.05, 0) is 43.7 Å². The number of rotatable bonds is 10. The Labute approximate surface area is 231 Å². The monoisotopic (exact) mass is 532 g/mol. The van der Waals surface area contributed by atoms with Crippen molar-refractivity contribution in [3.8, 4) is 0 Å². The summed E-state index contributed by atoms with van der Waals surface area (Å²) in [6.07, 6.45) is 5.86. The third kappa shape index (κ3) is 6.08. The molecule has 39 heavy (non-hydrogen) atoms. The third-order valence-corrected chi connectivity index (χ3v) is 8.18. The van der Waals surface area contributed by atoms with E-state index in [1.807, 2.05) is 18.7 Å². The summed E-state index contributed by atoms with van der Waals surface area (Å²) in [5.41, 5.74) is 3.98. The molecule has 1 aromatic carbocycles. The number of carbonyl (C=O) groups excluding carboxylic acids is 2. The molecule has 2 atom stereocenters. The van der Waals surface area contributed by atoms with Crippen LogP contribution in [0.15, 0.2) is 42.6 Å². The Morgan fingerprint density at radius 1 is 1.13 bits per heavy atom. The van der Waals surface area contributed by atoms with Gasteiger partial charge in [-0.3, -0.25) is 14.6 Å². The van der Waals surface area contributed by atoms with Crippen molar-refractivity contribution < 1.29 is 14.3 Å².